The minimum atomic E-state index is 0.112. The second-order valence-corrected chi connectivity index (χ2v) is 6.53. The molecule has 0 amide bonds. The van der Waals surface area contributed by atoms with Crippen LogP contribution in [-0.4, -0.2) is 40.1 Å². The Morgan fingerprint density at radius 3 is 1.73 bits per heavy atom. The van der Waals surface area contributed by atoms with E-state index < -0.39 is 0 Å². The zero-order valence-corrected chi connectivity index (χ0v) is 15.4. The van der Waals surface area contributed by atoms with E-state index in [9.17, 15) is 4.79 Å². The summed E-state index contributed by atoms with van der Waals surface area (Å²) in [4.78, 5) is 14.3. The molecule has 4 heteroatoms. The van der Waals surface area contributed by atoms with Crippen LogP contribution < -0.4 is 14.4 Å². The number of likely N-dealkylation sites (tertiary alicyclic amines) is 1. The van der Waals surface area contributed by atoms with E-state index in [1.165, 1.54) is 4.90 Å². The molecule has 0 unspecified atom stereocenters. The number of benzene rings is 2. The van der Waals surface area contributed by atoms with Crippen LogP contribution in [0.25, 0.3) is 12.2 Å². The van der Waals surface area contributed by atoms with E-state index in [0.29, 0.717) is 13.1 Å². The largest absolute Gasteiger partial charge is 0.497 e. The van der Waals surface area contributed by atoms with E-state index in [0.717, 1.165) is 33.8 Å². The van der Waals surface area contributed by atoms with Crippen LogP contribution >= 0.6 is 0 Å². The average molecular weight is 350 g/mol. The second-order valence-electron chi connectivity index (χ2n) is 6.53. The van der Waals surface area contributed by atoms with Crippen molar-refractivity contribution in [1.82, 2.24) is 0 Å². The van der Waals surface area contributed by atoms with Crippen LogP contribution in [-0.2, 0) is 4.79 Å². The summed E-state index contributed by atoms with van der Waals surface area (Å²) in [6.45, 7) is 1.43. The number of nitrogens with one attached hydrogen (secondary N) is 1. The minimum Gasteiger partial charge on any atom is -0.497 e. The number of hydrogen-bond donors (Lipinski definition) is 1. The molecule has 134 valence electrons. The van der Waals surface area contributed by atoms with E-state index >= 15 is 0 Å². The summed E-state index contributed by atoms with van der Waals surface area (Å²) in [6.07, 6.45) is 3.93. The molecule has 1 saturated heterocycles. The normalized spacial score (nSPS) is 20.4. The molecule has 0 spiro atoms. The number of methoxy groups -OCH3 is 2. The summed E-state index contributed by atoms with van der Waals surface area (Å²) in [5, 5.41) is 0. The lowest BCUT2D eigenvalue weighted by Gasteiger charge is -2.23. The highest BCUT2D eigenvalue weighted by Crippen LogP contribution is 2.20. The Balaban J connectivity index is 1.92. The van der Waals surface area contributed by atoms with Crippen molar-refractivity contribution in [3.05, 3.63) is 70.8 Å². The number of Topliss-reactive ketones (excluding diaryl/α,β-unsaturated/α-hetero) is 1. The van der Waals surface area contributed by atoms with Crippen LogP contribution in [0.4, 0.5) is 0 Å². The lowest BCUT2D eigenvalue weighted by Crippen LogP contribution is -3.10. The molecule has 0 saturated carbocycles. The number of quaternary nitrogens is 1. The molecule has 0 atom stereocenters. The number of likely N-dealkylation sites (N-methyl/N-ethyl adjacent to an activating group) is 1. The van der Waals surface area contributed by atoms with Crippen LogP contribution in [0.15, 0.2) is 59.7 Å². The number of rotatable bonds is 4. The van der Waals surface area contributed by atoms with Gasteiger partial charge in [0.15, 0.2) is 5.78 Å². The van der Waals surface area contributed by atoms with Crippen LogP contribution in [0.1, 0.15) is 11.1 Å². The molecule has 26 heavy (non-hydrogen) atoms. The van der Waals surface area contributed by atoms with E-state index in [1.54, 1.807) is 14.2 Å². The van der Waals surface area contributed by atoms with Gasteiger partial charge in [0, 0.05) is 0 Å². The number of ether oxygens (including phenoxy) is 2. The molecule has 2 aromatic rings. The topological polar surface area (TPSA) is 40.0 Å². The van der Waals surface area contributed by atoms with Gasteiger partial charge in [0.25, 0.3) is 0 Å². The van der Waals surface area contributed by atoms with Crippen LogP contribution in [0.5, 0.6) is 11.5 Å². The first-order valence-electron chi connectivity index (χ1n) is 8.64. The second kappa shape index (κ2) is 8.02. The van der Waals surface area contributed by atoms with Crippen molar-refractivity contribution in [2.75, 3.05) is 34.4 Å². The molecule has 1 fully saturated rings. The molecule has 3 rings (SSSR count). The number of ketones is 1. The highest BCUT2D eigenvalue weighted by molar-refractivity contribution is 6.14. The molecule has 0 aliphatic carbocycles. The predicted molar refractivity (Wildman–Crippen MR) is 104 cm³/mol. The molecule has 1 heterocycles. The first-order chi connectivity index (χ1) is 12.6. The van der Waals surface area contributed by atoms with Crippen molar-refractivity contribution < 1.29 is 19.2 Å². The summed E-state index contributed by atoms with van der Waals surface area (Å²) in [7, 11) is 5.39. The van der Waals surface area contributed by atoms with E-state index in [4.69, 9.17) is 9.47 Å². The zero-order chi connectivity index (χ0) is 18.5. The average Bonchev–Trinajstić information content (AvgIpc) is 2.66. The third-order valence-corrected chi connectivity index (χ3v) is 4.44. The molecular weight excluding hydrogens is 326 g/mol. The number of piperidine rings is 1. The van der Waals surface area contributed by atoms with Gasteiger partial charge in [-0.05, 0) is 47.5 Å². The standard InChI is InChI=1S/C22H23NO3/c1-23-14-18(10-16-6-4-8-20(12-16)25-2)22(24)19(15-23)11-17-7-5-9-21(13-17)26-3/h4-13H,14-15H2,1-3H3/p+1/b18-10+,19-11+. The molecule has 1 aliphatic heterocycles. The highest BCUT2D eigenvalue weighted by Gasteiger charge is 2.27. The Hall–Kier alpha value is -2.85. The Bertz CT molecular complexity index is 798. The Morgan fingerprint density at radius 1 is 0.846 bits per heavy atom. The van der Waals surface area contributed by atoms with Crippen molar-refractivity contribution in [2.45, 2.75) is 0 Å². The maximum Gasteiger partial charge on any atom is 0.196 e. The highest BCUT2D eigenvalue weighted by atomic mass is 16.5. The molecule has 2 aromatic carbocycles. The Morgan fingerprint density at radius 2 is 1.31 bits per heavy atom. The summed E-state index contributed by atoms with van der Waals surface area (Å²) in [5.74, 6) is 1.69. The molecule has 4 nitrogen and oxygen atoms in total. The van der Waals surface area contributed by atoms with Crippen molar-refractivity contribution in [3.63, 3.8) is 0 Å². The van der Waals surface area contributed by atoms with Gasteiger partial charge in [0.05, 0.1) is 32.4 Å². The van der Waals surface area contributed by atoms with E-state index in [1.807, 2.05) is 60.7 Å². The smallest absolute Gasteiger partial charge is 0.196 e. The first kappa shape index (κ1) is 18.0. The van der Waals surface area contributed by atoms with Gasteiger partial charge < -0.3 is 14.4 Å². The monoisotopic (exact) mass is 350 g/mol. The Labute approximate surface area is 154 Å². The summed E-state index contributed by atoms with van der Waals surface area (Å²) >= 11 is 0. The third kappa shape index (κ3) is 4.21. The van der Waals surface area contributed by atoms with Gasteiger partial charge in [0.1, 0.15) is 24.6 Å². The van der Waals surface area contributed by atoms with Gasteiger partial charge >= 0.3 is 0 Å². The molecule has 1 aliphatic rings. The van der Waals surface area contributed by atoms with Crippen molar-refractivity contribution >= 4 is 17.9 Å². The summed E-state index contributed by atoms with van der Waals surface area (Å²) in [6, 6.07) is 15.5. The molecule has 1 N–H and O–H groups in total. The van der Waals surface area contributed by atoms with E-state index in [-0.39, 0.29) is 5.78 Å². The number of hydrogen-bond acceptors (Lipinski definition) is 3. The SMILES string of the molecule is COc1cccc(/C=C2\C[NH+](C)C/C(=C\c3cccc(OC)c3)C2=O)c1. The molecule has 0 aromatic heterocycles. The lowest BCUT2D eigenvalue weighted by atomic mass is 9.94. The fraction of sp³-hybridized carbons (Fsp3) is 0.227. The maximum absolute atomic E-state index is 13.0. The molecule has 0 radical (unpaired) electrons. The van der Waals surface area contributed by atoms with E-state index in [2.05, 4.69) is 7.05 Å². The molecular formula is C22H24NO3+. The predicted octanol–water partition coefficient (Wildman–Crippen LogP) is 2.27. The lowest BCUT2D eigenvalue weighted by molar-refractivity contribution is -0.870. The minimum absolute atomic E-state index is 0.112. The van der Waals surface area contributed by atoms with Crippen LogP contribution in [0.3, 0.4) is 0 Å². The van der Waals surface area contributed by atoms with Gasteiger partial charge in [0.2, 0.25) is 0 Å². The maximum atomic E-state index is 13.0. The van der Waals surface area contributed by atoms with Crippen molar-refractivity contribution in [2.24, 2.45) is 0 Å². The fourth-order valence-corrected chi connectivity index (χ4v) is 3.18. The van der Waals surface area contributed by atoms with Gasteiger partial charge in [-0.3, -0.25) is 4.79 Å². The fourth-order valence-electron chi connectivity index (χ4n) is 3.18. The Kier molecular flexibility index (Phi) is 5.54. The quantitative estimate of drug-likeness (QED) is 0.860. The first-order valence-corrected chi connectivity index (χ1v) is 8.64. The third-order valence-electron chi connectivity index (χ3n) is 4.44. The van der Waals surface area contributed by atoms with Crippen molar-refractivity contribution in [3.8, 4) is 11.5 Å². The van der Waals surface area contributed by atoms with Crippen molar-refractivity contribution in [1.29, 1.82) is 0 Å². The number of carbonyl (C=O) groups excluding carboxylic acids is 1. The number of carbonyl (C=O) groups is 1. The zero-order valence-electron chi connectivity index (χ0n) is 15.4. The van der Waals surface area contributed by atoms with Crippen LogP contribution in [0.2, 0.25) is 0 Å². The summed E-state index contributed by atoms with van der Waals surface area (Å²) in [5.41, 5.74) is 3.58. The van der Waals surface area contributed by atoms with Gasteiger partial charge in [-0.1, -0.05) is 24.3 Å². The molecule has 0 bridgehead atoms. The van der Waals surface area contributed by atoms with Crippen LogP contribution in [0, 0.1) is 0 Å². The van der Waals surface area contributed by atoms with Gasteiger partial charge in [-0.15, -0.1) is 0 Å². The summed E-state index contributed by atoms with van der Waals surface area (Å²) < 4.78 is 10.5. The van der Waals surface area contributed by atoms with Gasteiger partial charge in [-0.2, -0.15) is 0 Å². The van der Waals surface area contributed by atoms with Gasteiger partial charge in [-0.25, -0.2) is 0 Å².